The van der Waals surface area contributed by atoms with Gasteiger partial charge in [0.05, 0.1) is 5.56 Å². The molecule has 0 aliphatic carbocycles. The Morgan fingerprint density at radius 1 is 1.29 bits per heavy atom. The van der Waals surface area contributed by atoms with Gasteiger partial charge in [-0.2, -0.15) is 5.26 Å². The van der Waals surface area contributed by atoms with E-state index in [0.717, 1.165) is 23.4 Å². The number of nitrogens with zero attached hydrogens (tertiary/aromatic N) is 1. The molecule has 0 aliphatic rings. The van der Waals surface area contributed by atoms with E-state index in [1.54, 1.807) is 0 Å². The Labute approximate surface area is 126 Å². The van der Waals surface area contributed by atoms with Crippen LogP contribution in [-0.2, 0) is 11.2 Å². The number of carbonyl (C=O) groups is 1. The lowest BCUT2D eigenvalue weighted by molar-refractivity contribution is -0.136. The lowest BCUT2D eigenvalue weighted by Gasteiger charge is -2.13. The van der Waals surface area contributed by atoms with E-state index >= 15 is 0 Å². The largest absolute Gasteiger partial charge is 0.480 e. The maximum Gasteiger partial charge on any atom is 0.317 e. The fraction of sp³-hybridized carbons (Fsp3) is 0.125. The molecule has 1 unspecified atom stereocenters. The van der Waals surface area contributed by atoms with E-state index in [0.29, 0.717) is 11.3 Å². The van der Waals surface area contributed by atoms with Gasteiger partial charge in [0.15, 0.2) is 0 Å². The normalized spacial score (nSPS) is 11.6. The molecule has 0 aromatic heterocycles. The Hall–Kier alpha value is -2.32. The van der Waals surface area contributed by atoms with Gasteiger partial charge in [0, 0.05) is 4.90 Å². The number of nitriles is 1. The van der Waals surface area contributed by atoms with Gasteiger partial charge in [-0.25, -0.2) is 4.39 Å². The SMILES string of the molecule is N#Cc1cc(F)ccc1SC(Cc1ccccc1)C(=O)O. The highest BCUT2D eigenvalue weighted by molar-refractivity contribution is 8.00. The van der Waals surface area contributed by atoms with Gasteiger partial charge in [0.2, 0.25) is 0 Å². The van der Waals surface area contributed by atoms with Crippen LogP contribution in [0.1, 0.15) is 11.1 Å². The Kier molecular flexibility index (Phi) is 4.96. The van der Waals surface area contributed by atoms with Gasteiger partial charge in [-0.15, -0.1) is 11.8 Å². The quantitative estimate of drug-likeness (QED) is 0.859. The number of benzene rings is 2. The first-order valence-electron chi connectivity index (χ1n) is 6.23. The van der Waals surface area contributed by atoms with Crippen molar-refractivity contribution in [1.29, 1.82) is 5.26 Å². The molecule has 0 fully saturated rings. The van der Waals surface area contributed by atoms with Crippen LogP contribution in [0.2, 0.25) is 0 Å². The van der Waals surface area contributed by atoms with Crippen LogP contribution in [0.25, 0.3) is 0 Å². The summed E-state index contributed by atoms with van der Waals surface area (Å²) >= 11 is 1.06. The first-order valence-corrected chi connectivity index (χ1v) is 7.11. The minimum absolute atomic E-state index is 0.152. The van der Waals surface area contributed by atoms with Crippen molar-refractivity contribution >= 4 is 17.7 Å². The smallest absolute Gasteiger partial charge is 0.317 e. The van der Waals surface area contributed by atoms with Crippen molar-refractivity contribution in [1.82, 2.24) is 0 Å². The minimum atomic E-state index is -0.961. The highest BCUT2D eigenvalue weighted by Crippen LogP contribution is 2.29. The summed E-state index contributed by atoms with van der Waals surface area (Å²) in [7, 11) is 0. The van der Waals surface area contributed by atoms with Crippen LogP contribution in [-0.4, -0.2) is 16.3 Å². The Balaban J connectivity index is 2.21. The van der Waals surface area contributed by atoms with E-state index in [1.807, 2.05) is 36.4 Å². The third kappa shape index (κ3) is 4.07. The molecule has 106 valence electrons. The van der Waals surface area contributed by atoms with E-state index in [9.17, 15) is 14.3 Å². The van der Waals surface area contributed by atoms with Crippen molar-refractivity contribution in [2.75, 3.05) is 0 Å². The fourth-order valence-electron chi connectivity index (χ4n) is 1.85. The highest BCUT2D eigenvalue weighted by atomic mass is 32.2. The molecule has 1 atom stereocenters. The molecular weight excluding hydrogens is 289 g/mol. The summed E-state index contributed by atoms with van der Waals surface area (Å²) in [6, 6.07) is 14.9. The van der Waals surface area contributed by atoms with Crippen molar-refractivity contribution in [3.05, 3.63) is 65.5 Å². The van der Waals surface area contributed by atoms with Gasteiger partial charge in [-0.05, 0) is 30.2 Å². The van der Waals surface area contributed by atoms with Crippen LogP contribution in [0.5, 0.6) is 0 Å². The van der Waals surface area contributed by atoms with Crippen LogP contribution >= 0.6 is 11.8 Å². The van der Waals surface area contributed by atoms with E-state index < -0.39 is 17.0 Å². The predicted molar refractivity (Wildman–Crippen MR) is 78.5 cm³/mol. The number of hydrogen-bond acceptors (Lipinski definition) is 3. The second kappa shape index (κ2) is 6.91. The summed E-state index contributed by atoms with van der Waals surface area (Å²) in [4.78, 5) is 11.9. The Morgan fingerprint density at radius 3 is 2.62 bits per heavy atom. The topological polar surface area (TPSA) is 61.1 Å². The molecule has 2 rings (SSSR count). The van der Waals surface area contributed by atoms with Gasteiger partial charge in [-0.3, -0.25) is 4.79 Å². The number of thioether (sulfide) groups is 1. The summed E-state index contributed by atoms with van der Waals surface area (Å²) in [5.74, 6) is -1.47. The second-order valence-electron chi connectivity index (χ2n) is 4.39. The molecule has 1 N–H and O–H groups in total. The van der Waals surface area contributed by atoms with Gasteiger partial charge >= 0.3 is 5.97 Å². The summed E-state index contributed by atoms with van der Waals surface area (Å²) in [6.07, 6.45) is 0.336. The summed E-state index contributed by atoms with van der Waals surface area (Å²) in [6.45, 7) is 0. The number of carboxylic acid groups (broad SMARTS) is 1. The molecule has 0 bridgehead atoms. The molecule has 21 heavy (non-hydrogen) atoms. The molecule has 2 aromatic rings. The number of rotatable bonds is 5. The zero-order chi connectivity index (χ0) is 15.2. The van der Waals surface area contributed by atoms with E-state index in [1.165, 1.54) is 12.1 Å². The van der Waals surface area contributed by atoms with Gasteiger partial charge in [0.25, 0.3) is 0 Å². The van der Waals surface area contributed by atoms with E-state index in [-0.39, 0.29) is 5.56 Å². The molecule has 2 aromatic carbocycles. The molecule has 0 saturated heterocycles. The lowest BCUT2D eigenvalue weighted by atomic mass is 10.1. The highest BCUT2D eigenvalue weighted by Gasteiger charge is 2.21. The van der Waals surface area contributed by atoms with Gasteiger partial charge in [-0.1, -0.05) is 30.3 Å². The molecule has 0 saturated carbocycles. The number of carboxylic acids is 1. The summed E-state index contributed by atoms with van der Waals surface area (Å²) in [5.41, 5.74) is 1.05. The van der Waals surface area contributed by atoms with Crippen molar-refractivity contribution in [3.8, 4) is 6.07 Å². The lowest BCUT2D eigenvalue weighted by Crippen LogP contribution is -2.19. The maximum atomic E-state index is 13.1. The number of aliphatic carboxylic acids is 1. The third-order valence-corrected chi connectivity index (χ3v) is 4.13. The molecular formula is C16H12FNO2S. The molecule has 3 nitrogen and oxygen atoms in total. The average molecular weight is 301 g/mol. The van der Waals surface area contributed by atoms with Crippen LogP contribution in [0.3, 0.4) is 0 Å². The van der Waals surface area contributed by atoms with Crippen LogP contribution in [0.15, 0.2) is 53.4 Å². The zero-order valence-electron chi connectivity index (χ0n) is 11.0. The van der Waals surface area contributed by atoms with Gasteiger partial charge < -0.3 is 5.11 Å². The predicted octanol–water partition coefficient (Wildman–Crippen LogP) is 3.49. The summed E-state index contributed by atoms with van der Waals surface area (Å²) in [5, 5.41) is 17.6. The van der Waals surface area contributed by atoms with Gasteiger partial charge in [0.1, 0.15) is 17.1 Å². The molecule has 0 radical (unpaired) electrons. The monoisotopic (exact) mass is 301 g/mol. The van der Waals surface area contributed by atoms with Crippen molar-refractivity contribution in [2.24, 2.45) is 0 Å². The number of halogens is 1. The molecule has 0 amide bonds. The number of hydrogen-bond donors (Lipinski definition) is 1. The van der Waals surface area contributed by atoms with Crippen molar-refractivity contribution in [2.45, 2.75) is 16.6 Å². The van der Waals surface area contributed by atoms with Crippen molar-refractivity contribution < 1.29 is 14.3 Å². The first-order chi connectivity index (χ1) is 10.1. The average Bonchev–Trinajstić information content (AvgIpc) is 2.49. The Bertz CT molecular complexity index is 682. The van der Waals surface area contributed by atoms with Crippen LogP contribution < -0.4 is 0 Å². The van der Waals surface area contributed by atoms with E-state index in [2.05, 4.69) is 0 Å². The van der Waals surface area contributed by atoms with Crippen LogP contribution in [0, 0.1) is 17.1 Å². The summed E-state index contributed by atoms with van der Waals surface area (Å²) < 4.78 is 13.1. The van der Waals surface area contributed by atoms with Crippen molar-refractivity contribution in [3.63, 3.8) is 0 Å². The molecule has 0 aliphatic heterocycles. The molecule has 0 spiro atoms. The third-order valence-electron chi connectivity index (χ3n) is 2.87. The second-order valence-corrected chi connectivity index (χ2v) is 5.63. The zero-order valence-corrected chi connectivity index (χ0v) is 11.8. The minimum Gasteiger partial charge on any atom is -0.480 e. The first kappa shape index (κ1) is 15.1. The van der Waals surface area contributed by atoms with Crippen LogP contribution in [0.4, 0.5) is 4.39 Å². The molecule has 0 heterocycles. The fourth-order valence-corrected chi connectivity index (χ4v) is 2.91. The standard InChI is InChI=1S/C16H12FNO2S/c17-13-6-7-14(12(9-13)10-18)21-15(16(19)20)8-11-4-2-1-3-5-11/h1-7,9,15H,8H2,(H,19,20). The maximum absolute atomic E-state index is 13.1. The Morgan fingerprint density at radius 2 is 2.00 bits per heavy atom. The van der Waals surface area contributed by atoms with E-state index in [4.69, 9.17) is 5.26 Å². The molecule has 5 heteroatoms.